The fourth-order valence-electron chi connectivity index (χ4n) is 3.82. The molecule has 3 rings (SSSR count). The van der Waals surface area contributed by atoms with Crippen molar-refractivity contribution in [3.05, 3.63) is 0 Å². The summed E-state index contributed by atoms with van der Waals surface area (Å²) >= 11 is 0. The average Bonchev–Trinajstić information content (AvgIpc) is 2.90. The van der Waals surface area contributed by atoms with Gasteiger partial charge >= 0.3 is 0 Å². The average molecular weight is 328 g/mol. The van der Waals surface area contributed by atoms with Crippen molar-refractivity contribution in [2.45, 2.75) is 44.6 Å². The van der Waals surface area contributed by atoms with Crippen LogP contribution >= 0.6 is 0 Å². The van der Waals surface area contributed by atoms with E-state index in [-0.39, 0.29) is 41.7 Å². The lowest BCUT2D eigenvalue weighted by atomic mass is 10.1. The van der Waals surface area contributed by atoms with Crippen molar-refractivity contribution in [1.82, 2.24) is 9.80 Å². The number of nitrogens with zero attached hydrogens (tertiary/aromatic N) is 2. The van der Waals surface area contributed by atoms with Crippen molar-refractivity contribution >= 4 is 21.7 Å². The van der Waals surface area contributed by atoms with Gasteiger partial charge in [-0.1, -0.05) is 12.8 Å². The zero-order valence-corrected chi connectivity index (χ0v) is 13.7. The maximum absolute atomic E-state index is 12.6. The van der Waals surface area contributed by atoms with Crippen LogP contribution in [0.2, 0.25) is 0 Å². The number of rotatable bonds is 2. The van der Waals surface area contributed by atoms with Gasteiger partial charge in [0.2, 0.25) is 11.8 Å². The molecule has 124 valence electrons. The molecule has 3 aliphatic heterocycles. The minimum atomic E-state index is -3.01. The zero-order valence-electron chi connectivity index (χ0n) is 12.9. The highest BCUT2D eigenvalue weighted by Crippen LogP contribution is 2.27. The Labute approximate surface area is 131 Å². The normalized spacial score (nSPS) is 32.3. The summed E-state index contributed by atoms with van der Waals surface area (Å²) in [7, 11) is -3.01. The number of hydrogen-bond donors (Lipinski definition) is 0. The van der Waals surface area contributed by atoms with Crippen molar-refractivity contribution in [2.75, 3.05) is 31.1 Å². The molecule has 0 bridgehead atoms. The van der Waals surface area contributed by atoms with Crippen molar-refractivity contribution in [3.8, 4) is 0 Å². The second kappa shape index (κ2) is 6.18. The second-order valence-electron chi connectivity index (χ2n) is 6.74. The molecular formula is C15H24N2O4S. The predicted octanol–water partition coefficient (Wildman–Crippen LogP) is 0.425. The first-order valence-corrected chi connectivity index (χ1v) is 10.1. The van der Waals surface area contributed by atoms with Crippen molar-refractivity contribution in [1.29, 1.82) is 0 Å². The number of carbonyl (C=O) groups is 2. The van der Waals surface area contributed by atoms with Gasteiger partial charge in [0.1, 0.15) is 0 Å². The van der Waals surface area contributed by atoms with Gasteiger partial charge in [0.15, 0.2) is 9.84 Å². The minimum absolute atomic E-state index is 0.0589. The molecule has 0 aliphatic carbocycles. The van der Waals surface area contributed by atoms with Gasteiger partial charge in [-0.05, 0) is 19.3 Å². The lowest BCUT2D eigenvalue weighted by molar-refractivity contribution is -0.135. The molecule has 0 spiro atoms. The molecule has 2 atom stereocenters. The summed E-state index contributed by atoms with van der Waals surface area (Å²) in [5.41, 5.74) is 0. The van der Waals surface area contributed by atoms with Crippen LogP contribution < -0.4 is 0 Å². The molecule has 0 N–H and O–H groups in total. The molecule has 2 amide bonds. The fraction of sp³-hybridized carbons (Fsp3) is 0.867. The summed E-state index contributed by atoms with van der Waals surface area (Å²) in [4.78, 5) is 28.4. The minimum Gasteiger partial charge on any atom is -0.342 e. The van der Waals surface area contributed by atoms with Crippen LogP contribution in [0.5, 0.6) is 0 Å². The van der Waals surface area contributed by atoms with Gasteiger partial charge in [-0.15, -0.1) is 0 Å². The number of hydrogen-bond acceptors (Lipinski definition) is 4. The van der Waals surface area contributed by atoms with Crippen molar-refractivity contribution in [2.24, 2.45) is 5.92 Å². The smallest absolute Gasteiger partial charge is 0.227 e. The Kier molecular flexibility index (Phi) is 4.43. The van der Waals surface area contributed by atoms with Crippen LogP contribution in [0.4, 0.5) is 0 Å². The number of sulfone groups is 1. The van der Waals surface area contributed by atoms with E-state index in [1.54, 1.807) is 4.90 Å². The quantitative estimate of drug-likeness (QED) is 0.736. The standard InChI is InChI=1S/C15H24N2O4S/c18-14-9-12(15(19)16-6-3-1-2-4-7-16)10-17(14)13-5-8-22(20,21)11-13/h12-13H,1-11H2. The van der Waals surface area contributed by atoms with Crippen LogP contribution in [0.1, 0.15) is 38.5 Å². The van der Waals surface area contributed by atoms with Gasteiger partial charge in [0.05, 0.1) is 17.4 Å². The number of carbonyl (C=O) groups excluding carboxylic acids is 2. The monoisotopic (exact) mass is 328 g/mol. The van der Waals surface area contributed by atoms with Gasteiger partial charge in [-0.2, -0.15) is 0 Å². The molecule has 0 aromatic carbocycles. The summed E-state index contributed by atoms with van der Waals surface area (Å²) < 4.78 is 23.2. The van der Waals surface area contributed by atoms with E-state index in [4.69, 9.17) is 0 Å². The molecule has 0 aromatic heterocycles. The molecule has 22 heavy (non-hydrogen) atoms. The summed E-state index contributed by atoms with van der Waals surface area (Å²) in [6.07, 6.45) is 5.16. The van der Waals surface area contributed by atoms with Gasteiger partial charge in [-0.25, -0.2) is 8.42 Å². The summed E-state index contributed by atoms with van der Waals surface area (Å²) in [6, 6.07) is -0.223. The third-order valence-electron chi connectivity index (χ3n) is 5.07. The first-order valence-electron chi connectivity index (χ1n) is 8.25. The van der Waals surface area contributed by atoms with Gasteiger partial charge in [-0.3, -0.25) is 9.59 Å². The van der Waals surface area contributed by atoms with Crippen LogP contribution in [-0.4, -0.2) is 67.2 Å². The zero-order chi connectivity index (χ0) is 15.7. The number of likely N-dealkylation sites (tertiary alicyclic amines) is 2. The summed E-state index contributed by atoms with van der Waals surface area (Å²) in [5.74, 6) is -0.0435. The van der Waals surface area contributed by atoms with E-state index in [1.807, 2.05) is 4.90 Å². The van der Waals surface area contributed by atoms with Gasteiger partial charge < -0.3 is 9.80 Å². The Bertz CT molecular complexity index is 552. The highest BCUT2D eigenvalue weighted by molar-refractivity contribution is 7.91. The third kappa shape index (κ3) is 3.29. The van der Waals surface area contributed by atoms with Crippen LogP contribution in [-0.2, 0) is 19.4 Å². The van der Waals surface area contributed by atoms with E-state index in [1.165, 1.54) is 12.8 Å². The molecule has 7 heteroatoms. The molecule has 2 unspecified atom stereocenters. The van der Waals surface area contributed by atoms with E-state index in [9.17, 15) is 18.0 Å². The maximum Gasteiger partial charge on any atom is 0.227 e. The molecule has 3 heterocycles. The Morgan fingerprint density at radius 3 is 2.36 bits per heavy atom. The molecule has 0 saturated carbocycles. The summed E-state index contributed by atoms with van der Waals surface area (Å²) in [5, 5.41) is 0. The largest absolute Gasteiger partial charge is 0.342 e. The Balaban J connectivity index is 1.62. The summed E-state index contributed by atoms with van der Waals surface area (Å²) in [6.45, 7) is 1.98. The van der Waals surface area contributed by atoms with E-state index < -0.39 is 9.84 Å². The van der Waals surface area contributed by atoms with E-state index in [0.717, 1.165) is 25.9 Å². The van der Waals surface area contributed by atoms with Gasteiger partial charge in [0.25, 0.3) is 0 Å². The molecule has 0 radical (unpaired) electrons. The molecule has 3 saturated heterocycles. The van der Waals surface area contributed by atoms with E-state index in [2.05, 4.69) is 0 Å². The van der Waals surface area contributed by atoms with Crippen LogP contribution in [0.25, 0.3) is 0 Å². The van der Waals surface area contributed by atoms with Gasteiger partial charge in [0, 0.05) is 32.1 Å². The molecule has 3 aliphatic rings. The van der Waals surface area contributed by atoms with Crippen molar-refractivity contribution in [3.63, 3.8) is 0 Å². The van der Waals surface area contributed by atoms with Crippen LogP contribution in [0.3, 0.4) is 0 Å². The van der Waals surface area contributed by atoms with Crippen molar-refractivity contribution < 1.29 is 18.0 Å². The predicted molar refractivity (Wildman–Crippen MR) is 81.9 cm³/mol. The SMILES string of the molecule is O=C(C1CC(=O)N(C2CCS(=O)(=O)C2)C1)N1CCCCCC1. The maximum atomic E-state index is 12.6. The van der Waals surface area contributed by atoms with E-state index in [0.29, 0.717) is 13.0 Å². The van der Waals surface area contributed by atoms with E-state index >= 15 is 0 Å². The Hall–Kier alpha value is -1.11. The molecule has 6 nitrogen and oxygen atoms in total. The molecular weight excluding hydrogens is 304 g/mol. The lowest BCUT2D eigenvalue weighted by Crippen LogP contribution is -2.40. The molecule has 3 fully saturated rings. The highest BCUT2D eigenvalue weighted by atomic mass is 32.2. The molecule has 0 aromatic rings. The topological polar surface area (TPSA) is 74.8 Å². The fourth-order valence-corrected chi connectivity index (χ4v) is 5.55. The Morgan fingerprint density at radius 2 is 1.77 bits per heavy atom. The third-order valence-corrected chi connectivity index (χ3v) is 6.82. The lowest BCUT2D eigenvalue weighted by Gasteiger charge is -2.25. The number of amides is 2. The van der Waals surface area contributed by atoms with Crippen LogP contribution in [0.15, 0.2) is 0 Å². The van der Waals surface area contributed by atoms with Crippen LogP contribution in [0, 0.1) is 5.92 Å². The first kappa shape index (κ1) is 15.8. The Morgan fingerprint density at radius 1 is 1.09 bits per heavy atom. The first-order chi connectivity index (χ1) is 10.5. The second-order valence-corrected chi connectivity index (χ2v) is 8.97. The highest BCUT2D eigenvalue weighted by Gasteiger charge is 2.42.